The molecule has 1 aromatic rings. The zero-order valence-electron chi connectivity index (χ0n) is 9.05. The van der Waals surface area contributed by atoms with Crippen molar-refractivity contribution in [2.45, 2.75) is 45.6 Å². The van der Waals surface area contributed by atoms with Crippen LogP contribution in [0.2, 0.25) is 0 Å². The van der Waals surface area contributed by atoms with Gasteiger partial charge in [-0.05, 0) is 36.1 Å². The van der Waals surface area contributed by atoms with Crippen molar-refractivity contribution in [2.24, 2.45) is 5.73 Å². The molecule has 0 heterocycles. The molecule has 1 rings (SSSR count). The van der Waals surface area contributed by atoms with Crippen LogP contribution in [0, 0.1) is 6.07 Å². The topological polar surface area (TPSA) is 26.0 Å². The zero-order chi connectivity index (χ0) is 10.2. The summed E-state index contributed by atoms with van der Waals surface area (Å²) in [6.07, 6.45) is 6.44. The molecule has 0 bridgehead atoms. The van der Waals surface area contributed by atoms with E-state index in [-0.39, 0.29) is 0 Å². The second-order valence-electron chi connectivity index (χ2n) is 3.76. The molecule has 1 radical (unpaired) electrons. The minimum atomic E-state index is 0.624. The van der Waals surface area contributed by atoms with Gasteiger partial charge in [-0.2, -0.15) is 0 Å². The van der Waals surface area contributed by atoms with Crippen molar-refractivity contribution in [3.63, 3.8) is 0 Å². The predicted molar refractivity (Wildman–Crippen MR) is 61.0 cm³/mol. The average Bonchev–Trinajstić information content (AvgIpc) is 2.25. The summed E-state index contributed by atoms with van der Waals surface area (Å²) in [6, 6.07) is 9.38. The largest absolute Gasteiger partial charge is 0.326 e. The highest BCUT2D eigenvalue weighted by molar-refractivity contribution is 5.22. The summed E-state index contributed by atoms with van der Waals surface area (Å²) in [4.78, 5) is 0. The Morgan fingerprint density at radius 1 is 1.14 bits per heavy atom. The minimum Gasteiger partial charge on any atom is -0.326 e. The molecular formula is C13H20N. The van der Waals surface area contributed by atoms with Crippen LogP contribution in [0.25, 0.3) is 0 Å². The van der Waals surface area contributed by atoms with Crippen LogP contribution >= 0.6 is 0 Å². The number of nitrogens with two attached hydrogens (primary N) is 1. The third kappa shape index (κ3) is 3.93. The summed E-state index contributed by atoms with van der Waals surface area (Å²) >= 11 is 0. The molecule has 0 spiro atoms. The smallest absolute Gasteiger partial charge is 0.0178 e. The first-order valence-corrected chi connectivity index (χ1v) is 5.55. The summed E-state index contributed by atoms with van der Waals surface area (Å²) < 4.78 is 0. The van der Waals surface area contributed by atoms with Gasteiger partial charge in [-0.15, -0.1) is 0 Å². The van der Waals surface area contributed by atoms with Gasteiger partial charge in [0.25, 0.3) is 0 Å². The van der Waals surface area contributed by atoms with E-state index in [1.54, 1.807) is 0 Å². The normalized spacial score (nSPS) is 10.4. The van der Waals surface area contributed by atoms with E-state index in [1.807, 2.05) is 6.07 Å². The van der Waals surface area contributed by atoms with Crippen LogP contribution in [0.4, 0.5) is 0 Å². The van der Waals surface area contributed by atoms with Crippen molar-refractivity contribution in [3.8, 4) is 0 Å². The zero-order valence-corrected chi connectivity index (χ0v) is 9.05. The Balaban J connectivity index is 2.34. The third-order valence-corrected chi connectivity index (χ3v) is 2.46. The molecule has 77 valence electrons. The summed E-state index contributed by atoms with van der Waals surface area (Å²) in [5, 5.41) is 0. The molecule has 0 saturated carbocycles. The minimum absolute atomic E-state index is 0.624. The number of rotatable bonds is 6. The lowest BCUT2D eigenvalue weighted by Gasteiger charge is -2.03. The van der Waals surface area contributed by atoms with Crippen molar-refractivity contribution in [1.29, 1.82) is 0 Å². The lowest BCUT2D eigenvalue weighted by Crippen LogP contribution is -1.97. The molecule has 0 unspecified atom stereocenters. The van der Waals surface area contributed by atoms with Gasteiger partial charge in [0.2, 0.25) is 0 Å². The van der Waals surface area contributed by atoms with Gasteiger partial charge < -0.3 is 5.73 Å². The number of unbranched alkanes of at least 4 members (excludes halogenated alkanes) is 3. The van der Waals surface area contributed by atoms with Gasteiger partial charge >= 0.3 is 0 Å². The Morgan fingerprint density at radius 3 is 2.64 bits per heavy atom. The molecule has 0 amide bonds. The van der Waals surface area contributed by atoms with E-state index in [2.05, 4.69) is 25.1 Å². The standard InChI is InChI=1S/C13H20N/c1-2-3-4-5-7-12-8-6-9-13(10-12)11-14/h8-10H,2-5,7,11,14H2,1H3. The molecule has 0 atom stereocenters. The summed E-state index contributed by atoms with van der Waals surface area (Å²) in [5.41, 5.74) is 8.15. The molecule has 1 aromatic carbocycles. The Labute approximate surface area is 87.3 Å². The summed E-state index contributed by atoms with van der Waals surface area (Å²) in [6.45, 7) is 2.86. The molecular weight excluding hydrogens is 170 g/mol. The highest BCUT2D eigenvalue weighted by Gasteiger charge is 1.95. The molecule has 14 heavy (non-hydrogen) atoms. The van der Waals surface area contributed by atoms with Crippen molar-refractivity contribution >= 4 is 0 Å². The van der Waals surface area contributed by atoms with Crippen molar-refractivity contribution in [2.75, 3.05) is 0 Å². The molecule has 0 aromatic heterocycles. The SMILES string of the molecule is CCCCCCc1c[c]cc(CN)c1. The molecule has 1 nitrogen and oxygen atoms in total. The number of hydrogen-bond acceptors (Lipinski definition) is 1. The number of hydrogen-bond donors (Lipinski definition) is 1. The van der Waals surface area contributed by atoms with Gasteiger partial charge in [0.05, 0.1) is 0 Å². The van der Waals surface area contributed by atoms with Crippen LogP contribution in [-0.2, 0) is 13.0 Å². The van der Waals surface area contributed by atoms with Gasteiger partial charge in [-0.25, -0.2) is 0 Å². The Bertz CT molecular complexity index is 255. The van der Waals surface area contributed by atoms with Crippen LogP contribution in [-0.4, -0.2) is 0 Å². The molecule has 0 fully saturated rings. The van der Waals surface area contributed by atoms with E-state index in [0.717, 1.165) is 0 Å². The lowest BCUT2D eigenvalue weighted by molar-refractivity contribution is 0.666. The van der Waals surface area contributed by atoms with E-state index in [1.165, 1.54) is 43.2 Å². The molecule has 2 N–H and O–H groups in total. The Hall–Kier alpha value is -0.820. The molecule has 0 aliphatic rings. The number of benzene rings is 1. The van der Waals surface area contributed by atoms with Crippen LogP contribution in [0.1, 0.15) is 43.7 Å². The maximum Gasteiger partial charge on any atom is 0.0178 e. The van der Waals surface area contributed by atoms with Gasteiger partial charge in [0.1, 0.15) is 0 Å². The first kappa shape index (κ1) is 11.3. The van der Waals surface area contributed by atoms with Gasteiger partial charge in [0, 0.05) is 6.54 Å². The highest BCUT2D eigenvalue weighted by Crippen LogP contribution is 2.09. The fourth-order valence-corrected chi connectivity index (χ4v) is 1.60. The lowest BCUT2D eigenvalue weighted by atomic mass is 10.0. The Morgan fingerprint density at radius 2 is 1.93 bits per heavy atom. The van der Waals surface area contributed by atoms with Crippen molar-refractivity contribution < 1.29 is 0 Å². The first-order valence-electron chi connectivity index (χ1n) is 5.55. The van der Waals surface area contributed by atoms with E-state index in [0.29, 0.717) is 6.54 Å². The monoisotopic (exact) mass is 190 g/mol. The molecule has 0 aliphatic heterocycles. The fourth-order valence-electron chi connectivity index (χ4n) is 1.60. The number of aryl methyl sites for hydroxylation is 1. The van der Waals surface area contributed by atoms with E-state index >= 15 is 0 Å². The highest BCUT2D eigenvalue weighted by atomic mass is 14.5. The van der Waals surface area contributed by atoms with Crippen LogP contribution in [0.3, 0.4) is 0 Å². The van der Waals surface area contributed by atoms with Crippen LogP contribution in [0.5, 0.6) is 0 Å². The van der Waals surface area contributed by atoms with Gasteiger partial charge in [-0.1, -0.05) is 38.3 Å². The third-order valence-electron chi connectivity index (χ3n) is 2.46. The second-order valence-corrected chi connectivity index (χ2v) is 3.76. The van der Waals surface area contributed by atoms with Crippen LogP contribution in [0.15, 0.2) is 18.2 Å². The molecule has 0 aliphatic carbocycles. The van der Waals surface area contributed by atoms with Gasteiger partial charge in [0.15, 0.2) is 0 Å². The quantitative estimate of drug-likeness (QED) is 0.685. The summed E-state index contributed by atoms with van der Waals surface area (Å²) in [7, 11) is 0. The second kappa shape index (κ2) is 6.61. The fraction of sp³-hybridized carbons (Fsp3) is 0.538. The summed E-state index contributed by atoms with van der Waals surface area (Å²) in [5.74, 6) is 0. The predicted octanol–water partition coefficient (Wildman–Crippen LogP) is 3.07. The van der Waals surface area contributed by atoms with E-state index < -0.39 is 0 Å². The van der Waals surface area contributed by atoms with E-state index in [9.17, 15) is 0 Å². The first-order chi connectivity index (χ1) is 6.86. The average molecular weight is 190 g/mol. The van der Waals surface area contributed by atoms with Gasteiger partial charge in [-0.3, -0.25) is 0 Å². The Kier molecular flexibility index (Phi) is 5.31. The maximum absolute atomic E-state index is 5.58. The molecule has 0 saturated heterocycles. The van der Waals surface area contributed by atoms with Crippen molar-refractivity contribution in [1.82, 2.24) is 0 Å². The maximum atomic E-state index is 5.58. The van der Waals surface area contributed by atoms with E-state index in [4.69, 9.17) is 5.73 Å². The molecule has 1 heteroatoms. The van der Waals surface area contributed by atoms with Crippen molar-refractivity contribution in [3.05, 3.63) is 35.4 Å². The van der Waals surface area contributed by atoms with Crippen LogP contribution < -0.4 is 5.73 Å².